The molecule has 104 valence electrons. The number of ether oxygens (including phenoxy) is 1. The number of thioether (sulfide) groups is 1. The average Bonchev–Trinajstić information content (AvgIpc) is 2.53. The fourth-order valence-corrected chi connectivity index (χ4v) is 3.26. The Labute approximate surface area is 128 Å². The number of fused-ring (bicyclic) bond motifs is 1. The van der Waals surface area contributed by atoms with Gasteiger partial charge in [-0.3, -0.25) is 0 Å². The molecule has 3 nitrogen and oxygen atoms in total. The maximum Gasteiger partial charge on any atom is 0.189 e. The van der Waals surface area contributed by atoms with Gasteiger partial charge in [-0.1, -0.05) is 35.5 Å². The van der Waals surface area contributed by atoms with E-state index < -0.39 is 0 Å². The third kappa shape index (κ3) is 2.48. The van der Waals surface area contributed by atoms with Gasteiger partial charge in [0.15, 0.2) is 6.19 Å². The van der Waals surface area contributed by atoms with Crippen molar-refractivity contribution in [2.24, 2.45) is 0 Å². The van der Waals surface area contributed by atoms with Gasteiger partial charge < -0.3 is 4.74 Å². The van der Waals surface area contributed by atoms with Crippen LogP contribution in [-0.4, -0.2) is 7.11 Å². The number of nitriles is 1. The summed E-state index contributed by atoms with van der Waals surface area (Å²) in [5, 5.41) is 11.6. The van der Waals surface area contributed by atoms with Crippen molar-refractivity contribution in [1.82, 2.24) is 0 Å². The smallest absolute Gasteiger partial charge is 0.189 e. The normalized spacial score (nSPS) is 13.2. The lowest BCUT2D eigenvalue weighted by Crippen LogP contribution is -2.17. The van der Waals surface area contributed by atoms with Crippen molar-refractivity contribution in [3.63, 3.8) is 0 Å². The van der Waals surface area contributed by atoms with Gasteiger partial charge in [-0.25, -0.2) is 4.90 Å². The summed E-state index contributed by atoms with van der Waals surface area (Å²) in [6, 6.07) is 13.9. The van der Waals surface area contributed by atoms with Crippen LogP contribution in [-0.2, 0) is 0 Å². The van der Waals surface area contributed by atoms with Crippen LogP contribution in [0.1, 0.15) is 11.1 Å². The highest BCUT2D eigenvalue weighted by atomic mass is 32.2. The predicted octanol–water partition coefficient (Wildman–Crippen LogP) is 4.40. The Bertz CT molecular complexity index is 762. The zero-order valence-corrected chi connectivity index (χ0v) is 12.6. The summed E-state index contributed by atoms with van der Waals surface area (Å²) in [6.45, 7) is 2.05. The van der Waals surface area contributed by atoms with Crippen molar-refractivity contribution < 1.29 is 4.74 Å². The van der Waals surface area contributed by atoms with Gasteiger partial charge in [0.05, 0.1) is 18.5 Å². The average molecular weight is 294 g/mol. The van der Waals surface area contributed by atoms with E-state index in [4.69, 9.17) is 4.74 Å². The molecule has 3 rings (SSSR count). The Balaban J connectivity index is 2.06. The van der Waals surface area contributed by atoms with Crippen molar-refractivity contribution in [3.8, 4) is 11.9 Å². The third-order valence-electron chi connectivity index (χ3n) is 3.36. The lowest BCUT2D eigenvalue weighted by atomic mass is 10.1. The first-order valence-electron chi connectivity index (χ1n) is 6.54. The molecule has 0 aliphatic carbocycles. The number of hydrogen-bond acceptors (Lipinski definition) is 4. The van der Waals surface area contributed by atoms with Crippen LogP contribution < -0.4 is 9.64 Å². The number of aryl methyl sites for hydroxylation is 1. The molecule has 0 aromatic heterocycles. The number of benzene rings is 2. The van der Waals surface area contributed by atoms with Crippen LogP contribution in [0.2, 0.25) is 0 Å². The Kier molecular flexibility index (Phi) is 3.59. The first-order chi connectivity index (χ1) is 10.2. The topological polar surface area (TPSA) is 36.3 Å². The van der Waals surface area contributed by atoms with E-state index >= 15 is 0 Å². The summed E-state index contributed by atoms with van der Waals surface area (Å²) in [5.41, 5.74) is 4.02. The molecule has 0 N–H and O–H groups in total. The molecule has 1 heterocycles. The highest BCUT2D eigenvalue weighted by Gasteiger charge is 2.22. The second-order valence-electron chi connectivity index (χ2n) is 4.76. The largest absolute Gasteiger partial charge is 0.497 e. The first kappa shape index (κ1) is 13.6. The standard InChI is InChI=1S/C17H14N2OS/c1-12-4-3-5-13(8-12)16-10-21-17-9-14(20-2)6-7-15(17)19(16)11-18/h3-10H,1-2H3. The Hall–Kier alpha value is -2.38. The second kappa shape index (κ2) is 5.55. The minimum absolute atomic E-state index is 0.798. The highest BCUT2D eigenvalue weighted by molar-refractivity contribution is 8.02. The van der Waals surface area contributed by atoms with Gasteiger partial charge in [-0.15, -0.1) is 0 Å². The van der Waals surface area contributed by atoms with Crippen molar-refractivity contribution in [1.29, 1.82) is 5.26 Å². The van der Waals surface area contributed by atoms with E-state index in [2.05, 4.69) is 25.2 Å². The molecular formula is C17H14N2OS. The van der Waals surface area contributed by atoms with Crippen LogP contribution in [0.15, 0.2) is 52.8 Å². The summed E-state index contributed by atoms with van der Waals surface area (Å²) >= 11 is 1.61. The summed E-state index contributed by atoms with van der Waals surface area (Å²) in [7, 11) is 1.64. The molecule has 0 saturated heterocycles. The third-order valence-corrected chi connectivity index (χ3v) is 4.28. The lowest BCUT2D eigenvalue weighted by molar-refractivity contribution is 0.414. The number of anilines is 1. The first-order valence-corrected chi connectivity index (χ1v) is 7.42. The molecule has 2 aromatic carbocycles. The van der Waals surface area contributed by atoms with Gasteiger partial charge in [0.25, 0.3) is 0 Å². The molecule has 2 aromatic rings. The summed E-state index contributed by atoms with van der Waals surface area (Å²) in [6.07, 6.45) is 2.28. The molecule has 0 amide bonds. The van der Waals surface area contributed by atoms with Crippen molar-refractivity contribution in [2.45, 2.75) is 11.8 Å². The minimum atomic E-state index is 0.798. The molecule has 4 heteroatoms. The Morgan fingerprint density at radius 3 is 2.76 bits per heavy atom. The van der Waals surface area contributed by atoms with E-state index in [1.807, 2.05) is 35.7 Å². The fourth-order valence-electron chi connectivity index (χ4n) is 2.31. The van der Waals surface area contributed by atoms with Crippen LogP contribution in [0.3, 0.4) is 0 Å². The number of nitrogens with zero attached hydrogens (tertiary/aromatic N) is 2. The van der Waals surface area contributed by atoms with E-state index in [0.717, 1.165) is 27.6 Å². The zero-order valence-electron chi connectivity index (χ0n) is 11.8. The van der Waals surface area contributed by atoms with E-state index in [0.29, 0.717) is 0 Å². The minimum Gasteiger partial charge on any atom is -0.497 e. The second-order valence-corrected chi connectivity index (χ2v) is 5.67. The van der Waals surface area contributed by atoms with Crippen molar-refractivity contribution >= 4 is 23.1 Å². The van der Waals surface area contributed by atoms with Gasteiger partial charge in [-0.05, 0) is 31.2 Å². The van der Waals surface area contributed by atoms with Crippen molar-refractivity contribution in [2.75, 3.05) is 12.0 Å². The predicted molar refractivity (Wildman–Crippen MR) is 86.1 cm³/mol. The van der Waals surface area contributed by atoms with Crippen molar-refractivity contribution in [3.05, 3.63) is 59.0 Å². The van der Waals surface area contributed by atoms with Gasteiger partial charge in [-0.2, -0.15) is 5.26 Å². The van der Waals surface area contributed by atoms with E-state index in [9.17, 15) is 5.26 Å². The van der Waals surface area contributed by atoms with Crippen LogP contribution >= 0.6 is 11.8 Å². The quantitative estimate of drug-likeness (QED) is 0.769. The molecule has 0 atom stereocenters. The van der Waals surface area contributed by atoms with Gasteiger partial charge in [0, 0.05) is 15.9 Å². The lowest BCUT2D eigenvalue weighted by Gasteiger charge is -2.26. The fraction of sp³-hybridized carbons (Fsp3) is 0.118. The molecule has 0 radical (unpaired) electrons. The zero-order chi connectivity index (χ0) is 14.8. The van der Waals surface area contributed by atoms with Gasteiger partial charge in [0.1, 0.15) is 5.75 Å². The molecule has 0 spiro atoms. The molecule has 0 unspecified atom stereocenters. The number of hydrogen-bond donors (Lipinski definition) is 0. The molecule has 21 heavy (non-hydrogen) atoms. The summed E-state index contributed by atoms with van der Waals surface area (Å²) < 4.78 is 5.24. The van der Waals surface area contributed by atoms with Crippen LogP contribution in [0.25, 0.3) is 5.70 Å². The molecule has 0 fully saturated rings. The maximum atomic E-state index is 9.56. The van der Waals surface area contributed by atoms with Crippen LogP contribution in [0, 0.1) is 18.4 Å². The molecule has 0 bridgehead atoms. The Morgan fingerprint density at radius 2 is 2.05 bits per heavy atom. The molecule has 0 saturated carbocycles. The molecular weight excluding hydrogens is 280 g/mol. The van der Waals surface area contributed by atoms with E-state index in [-0.39, 0.29) is 0 Å². The van der Waals surface area contributed by atoms with Crippen LogP contribution in [0.4, 0.5) is 5.69 Å². The monoisotopic (exact) mass is 294 g/mol. The summed E-state index contributed by atoms with van der Waals surface area (Å²) in [4.78, 5) is 2.69. The Morgan fingerprint density at radius 1 is 1.19 bits per heavy atom. The molecule has 1 aliphatic heterocycles. The molecule has 1 aliphatic rings. The maximum absolute atomic E-state index is 9.56. The number of rotatable bonds is 2. The van der Waals surface area contributed by atoms with Crippen LogP contribution in [0.5, 0.6) is 5.75 Å². The number of methoxy groups -OCH3 is 1. The van der Waals surface area contributed by atoms with E-state index in [1.165, 1.54) is 5.56 Å². The van der Waals surface area contributed by atoms with Gasteiger partial charge in [0.2, 0.25) is 0 Å². The SMILES string of the molecule is COc1ccc2c(c1)SC=C(c1cccc(C)c1)N2C#N. The highest BCUT2D eigenvalue weighted by Crippen LogP contribution is 2.43. The van der Waals surface area contributed by atoms with Gasteiger partial charge >= 0.3 is 0 Å². The van der Waals surface area contributed by atoms with E-state index in [1.54, 1.807) is 23.8 Å². The summed E-state index contributed by atoms with van der Waals surface area (Å²) in [5.74, 6) is 0.798.